The summed E-state index contributed by atoms with van der Waals surface area (Å²) in [6, 6.07) is 62.4. The molecular weight excluding hydrogens is 671 g/mol. The Morgan fingerprint density at radius 3 is 1.84 bits per heavy atom. The van der Waals surface area contributed by atoms with Crippen LogP contribution in [0.5, 0.6) is 0 Å². The van der Waals surface area contributed by atoms with Gasteiger partial charge in [0, 0.05) is 38.5 Å². The lowest BCUT2D eigenvalue weighted by molar-refractivity contribution is 0.669. The van der Waals surface area contributed by atoms with Crippen LogP contribution in [-0.4, -0.2) is 12.3 Å². The zero-order chi connectivity index (χ0) is 36.0. The Labute approximate surface area is 317 Å². The van der Waals surface area contributed by atoms with E-state index in [-0.39, 0.29) is 0 Å². The van der Waals surface area contributed by atoms with Crippen molar-refractivity contribution < 1.29 is 8.83 Å². The summed E-state index contributed by atoms with van der Waals surface area (Å²) in [4.78, 5) is 6.22. The SMILES string of the molecule is [B]1c2cc(-c3ccccc3)ccc2N(c2ccc(-c3ccccc3)cc2)c2c1c(-c1cccc3c1[nH]c1c4ccccc4oc31)cc1c2oc2ccccc21. The quantitative estimate of drug-likeness (QED) is 0.186. The zero-order valence-electron chi connectivity index (χ0n) is 29.6. The second kappa shape index (κ2) is 11.6. The largest absolute Gasteiger partial charge is 0.454 e. The third-order valence-electron chi connectivity index (χ3n) is 11.3. The molecule has 1 N–H and O–H groups in total. The molecular formula is C50H30BN2O2. The summed E-state index contributed by atoms with van der Waals surface area (Å²) < 4.78 is 13.4. The van der Waals surface area contributed by atoms with E-state index in [2.05, 4.69) is 175 Å². The molecule has 0 aliphatic carbocycles. The molecule has 0 bridgehead atoms. The number of fused-ring (bicyclic) bond motifs is 11. The topological polar surface area (TPSA) is 45.3 Å². The van der Waals surface area contributed by atoms with Gasteiger partial charge < -0.3 is 18.7 Å². The number of hydrogen-bond acceptors (Lipinski definition) is 3. The van der Waals surface area contributed by atoms with Crippen molar-refractivity contribution in [1.29, 1.82) is 0 Å². The van der Waals surface area contributed by atoms with Crippen molar-refractivity contribution in [2.45, 2.75) is 0 Å². The van der Waals surface area contributed by atoms with Gasteiger partial charge in [0.15, 0.2) is 18.4 Å². The van der Waals surface area contributed by atoms with Crippen LogP contribution in [0, 0.1) is 0 Å². The molecule has 4 heterocycles. The van der Waals surface area contributed by atoms with Gasteiger partial charge in [-0.05, 0) is 81.8 Å². The number of nitrogens with one attached hydrogen (secondary N) is 1. The minimum atomic E-state index is 0.861. The average Bonchev–Trinajstić information content (AvgIpc) is 3.93. The van der Waals surface area contributed by atoms with Gasteiger partial charge in [-0.1, -0.05) is 133 Å². The normalized spacial score (nSPS) is 12.5. The first-order valence-corrected chi connectivity index (χ1v) is 18.7. The van der Waals surface area contributed by atoms with Gasteiger partial charge in [0.25, 0.3) is 0 Å². The van der Waals surface area contributed by atoms with Crippen LogP contribution in [0.4, 0.5) is 17.1 Å². The molecule has 1 aliphatic heterocycles. The van der Waals surface area contributed by atoms with Gasteiger partial charge in [-0.15, -0.1) is 0 Å². The van der Waals surface area contributed by atoms with Crippen LogP contribution >= 0.6 is 0 Å². The number of nitrogens with zero attached hydrogens (tertiary/aromatic N) is 1. The highest BCUT2D eigenvalue weighted by molar-refractivity contribution is 6.74. The fraction of sp³-hybridized carbons (Fsp3) is 0. The summed E-state index contributed by atoms with van der Waals surface area (Å²) in [5.74, 6) is 0. The van der Waals surface area contributed by atoms with Crippen molar-refractivity contribution >= 4 is 90.2 Å². The highest BCUT2D eigenvalue weighted by Crippen LogP contribution is 2.46. The first-order valence-electron chi connectivity index (χ1n) is 18.7. The number of benzene rings is 8. The predicted octanol–water partition coefficient (Wildman–Crippen LogP) is 12.4. The number of aromatic amines is 1. The van der Waals surface area contributed by atoms with Crippen LogP contribution in [0.15, 0.2) is 185 Å². The van der Waals surface area contributed by atoms with E-state index in [0.29, 0.717) is 0 Å². The van der Waals surface area contributed by atoms with Gasteiger partial charge in [-0.3, -0.25) is 0 Å². The fourth-order valence-corrected chi connectivity index (χ4v) is 8.69. The van der Waals surface area contributed by atoms with Crippen LogP contribution in [0.25, 0.3) is 88.3 Å². The summed E-state index contributed by atoms with van der Waals surface area (Å²) in [6.45, 7) is 0. The number of H-pyrrole nitrogens is 1. The van der Waals surface area contributed by atoms with Gasteiger partial charge in [-0.25, -0.2) is 0 Å². The van der Waals surface area contributed by atoms with Crippen LogP contribution < -0.4 is 15.8 Å². The Bertz CT molecular complexity index is 3280. The molecule has 12 rings (SSSR count). The molecule has 0 amide bonds. The van der Waals surface area contributed by atoms with Crippen LogP contribution in [-0.2, 0) is 0 Å². The third-order valence-corrected chi connectivity index (χ3v) is 11.3. The summed E-state index contributed by atoms with van der Waals surface area (Å²) in [5.41, 5.74) is 17.9. The molecule has 5 heteroatoms. The van der Waals surface area contributed by atoms with Crippen molar-refractivity contribution in [3.63, 3.8) is 0 Å². The second-order valence-electron chi connectivity index (χ2n) is 14.3. The molecule has 255 valence electrons. The Hall–Kier alpha value is -7.24. The second-order valence-corrected chi connectivity index (χ2v) is 14.3. The van der Waals surface area contributed by atoms with E-state index in [0.717, 1.165) is 94.0 Å². The molecule has 3 aromatic heterocycles. The molecule has 8 aromatic carbocycles. The fourth-order valence-electron chi connectivity index (χ4n) is 8.69. The predicted molar refractivity (Wildman–Crippen MR) is 229 cm³/mol. The smallest absolute Gasteiger partial charge is 0.198 e. The Kier molecular flexibility index (Phi) is 6.40. The summed E-state index contributed by atoms with van der Waals surface area (Å²) in [6.07, 6.45) is 0. The lowest BCUT2D eigenvalue weighted by atomic mass is 9.57. The highest BCUT2D eigenvalue weighted by Gasteiger charge is 2.32. The summed E-state index contributed by atoms with van der Waals surface area (Å²) in [7, 11) is 2.36. The highest BCUT2D eigenvalue weighted by atomic mass is 16.3. The van der Waals surface area contributed by atoms with E-state index in [1.54, 1.807) is 0 Å². The third kappa shape index (κ3) is 4.53. The van der Waals surface area contributed by atoms with Crippen molar-refractivity contribution in [1.82, 2.24) is 4.98 Å². The van der Waals surface area contributed by atoms with E-state index in [4.69, 9.17) is 8.83 Å². The molecule has 0 atom stereocenters. The molecule has 0 saturated carbocycles. The molecule has 0 saturated heterocycles. The van der Waals surface area contributed by atoms with Crippen molar-refractivity contribution in [3.05, 3.63) is 176 Å². The summed E-state index contributed by atoms with van der Waals surface area (Å²) >= 11 is 0. The molecule has 1 aliphatic rings. The van der Waals surface area contributed by atoms with E-state index in [1.165, 1.54) is 22.3 Å². The Morgan fingerprint density at radius 2 is 1.05 bits per heavy atom. The van der Waals surface area contributed by atoms with E-state index in [1.807, 2.05) is 18.2 Å². The minimum Gasteiger partial charge on any atom is -0.454 e. The van der Waals surface area contributed by atoms with E-state index >= 15 is 0 Å². The molecule has 0 fully saturated rings. The Morgan fingerprint density at radius 1 is 0.436 bits per heavy atom. The number of aromatic nitrogens is 1. The zero-order valence-corrected chi connectivity index (χ0v) is 29.6. The molecule has 11 aromatic rings. The van der Waals surface area contributed by atoms with Gasteiger partial charge in [0.1, 0.15) is 11.2 Å². The number of para-hydroxylation sites is 3. The first-order chi connectivity index (χ1) is 27.3. The van der Waals surface area contributed by atoms with Crippen molar-refractivity contribution in [2.24, 2.45) is 0 Å². The van der Waals surface area contributed by atoms with Crippen LogP contribution in [0.1, 0.15) is 0 Å². The monoisotopic (exact) mass is 701 g/mol. The number of anilines is 3. The van der Waals surface area contributed by atoms with Gasteiger partial charge in [0.2, 0.25) is 0 Å². The van der Waals surface area contributed by atoms with Crippen molar-refractivity contribution in [2.75, 3.05) is 4.90 Å². The average molecular weight is 702 g/mol. The lowest BCUT2D eigenvalue weighted by Crippen LogP contribution is -2.41. The Balaban J connectivity index is 1.16. The van der Waals surface area contributed by atoms with Crippen LogP contribution in [0.2, 0.25) is 0 Å². The minimum absolute atomic E-state index is 0.861. The summed E-state index contributed by atoms with van der Waals surface area (Å²) in [5, 5.41) is 4.30. The van der Waals surface area contributed by atoms with Gasteiger partial charge in [-0.2, -0.15) is 0 Å². The number of hydrogen-bond donors (Lipinski definition) is 1. The molecule has 4 nitrogen and oxygen atoms in total. The standard InChI is InChI=1S/C50H30BN2O2/c1-3-12-30(13-4-1)32-22-25-34(26-23-32)53-42-27-24-33(31-14-5-2-6-15-31)28-41(42)51-45-39(29-40-35-16-7-9-20-43(35)55-50(40)48(45)53)36-18-11-19-38-46(36)52-47-37-17-8-10-21-44(37)54-49(38)47/h1-29,52H. The first kappa shape index (κ1) is 30.2. The van der Waals surface area contributed by atoms with Crippen LogP contribution in [0.3, 0.4) is 0 Å². The van der Waals surface area contributed by atoms with Gasteiger partial charge in [0.05, 0.1) is 16.7 Å². The molecule has 0 unspecified atom stereocenters. The van der Waals surface area contributed by atoms with E-state index < -0.39 is 0 Å². The number of furan rings is 2. The maximum Gasteiger partial charge on any atom is 0.198 e. The molecule has 55 heavy (non-hydrogen) atoms. The molecule has 1 radical (unpaired) electrons. The molecule has 0 spiro atoms. The lowest BCUT2D eigenvalue weighted by Gasteiger charge is -2.35. The van der Waals surface area contributed by atoms with Gasteiger partial charge >= 0.3 is 0 Å². The number of rotatable bonds is 4. The van der Waals surface area contributed by atoms with Crippen molar-refractivity contribution in [3.8, 4) is 33.4 Å². The maximum absolute atomic E-state index is 6.88. The van der Waals surface area contributed by atoms with E-state index in [9.17, 15) is 0 Å². The maximum atomic E-state index is 6.88.